The summed E-state index contributed by atoms with van der Waals surface area (Å²) in [6.45, 7) is 13.9. The summed E-state index contributed by atoms with van der Waals surface area (Å²) in [4.78, 5) is 12.5. The topological polar surface area (TPSA) is 93.8 Å². The predicted octanol–water partition coefficient (Wildman–Crippen LogP) is 1.85. The summed E-state index contributed by atoms with van der Waals surface area (Å²) in [5.41, 5.74) is 4.28. The summed E-state index contributed by atoms with van der Waals surface area (Å²) >= 11 is 0. The Morgan fingerprint density at radius 2 is 1.72 bits per heavy atom. The lowest BCUT2D eigenvalue weighted by Gasteiger charge is -2.32. The Bertz CT molecular complexity index is 502. The molecule has 1 saturated heterocycles. The van der Waals surface area contributed by atoms with Gasteiger partial charge in [0.05, 0.1) is 22.8 Å². The maximum absolute atomic E-state index is 12.5. The molecule has 2 fully saturated rings. The van der Waals surface area contributed by atoms with Crippen molar-refractivity contribution in [2.75, 3.05) is 0 Å². The van der Waals surface area contributed by atoms with E-state index in [1.807, 2.05) is 48.5 Å². The third-order valence-corrected chi connectivity index (χ3v) is 5.76. The first-order valence-electron chi connectivity index (χ1n) is 9.30. The SMILES string of the molecule is CC(C)(C)NC(=O)[C@]1(N)C[C@H](CCB2OC(C)(C)C(C)(C)O2)[C@@H](O)C1. The van der Waals surface area contributed by atoms with E-state index in [2.05, 4.69) is 5.32 Å². The van der Waals surface area contributed by atoms with Crippen LogP contribution in [0.3, 0.4) is 0 Å². The number of aliphatic hydroxyl groups is 1. The smallest absolute Gasteiger partial charge is 0.403 e. The van der Waals surface area contributed by atoms with Gasteiger partial charge in [0, 0.05) is 12.0 Å². The van der Waals surface area contributed by atoms with Crippen molar-refractivity contribution in [3.05, 3.63) is 0 Å². The van der Waals surface area contributed by atoms with Gasteiger partial charge in [-0.05, 0) is 73.5 Å². The van der Waals surface area contributed by atoms with Crippen LogP contribution in [0.1, 0.15) is 67.7 Å². The van der Waals surface area contributed by atoms with Crippen molar-refractivity contribution in [2.45, 2.75) is 102 Å². The predicted molar refractivity (Wildman–Crippen MR) is 99.1 cm³/mol. The van der Waals surface area contributed by atoms with Crippen molar-refractivity contribution in [2.24, 2.45) is 11.7 Å². The van der Waals surface area contributed by atoms with Gasteiger partial charge in [-0.15, -0.1) is 0 Å². The zero-order valence-electron chi connectivity index (χ0n) is 16.8. The third kappa shape index (κ3) is 4.56. The van der Waals surface area contributed by atoms with Crippen LogP contribution in [0.4, 0.5) is 0 Å². The van der Waals surface area contributed by atoms with Crippen LogP contribution < -0.4 is 11.1 Å². The van der Waals surface area contributed by atoms with E-state index in [9.17, 15) is 9.90 Å². The van der Waals surface area contributed by atoms with Crippen LogP contribution >= 0.6 is 0 Å². The van der Waals surface area contributed by atoms with Gasteiger partial charge in [-0.2, -0.15) is 0 Å². The first kappa shape index (κ1) is 20.7. The lowest BCUT2D eigenvalue weighted by atomic mass is 9.78. The van der Waals surface area contributed by atoms with E-state index < -0.39 is 11.6 Å². The van der Waals surface area contributed by atoms with E-state index in [0.29, 0.717) is 19.2 Å². The highest BCUT2D eigenvalue weighted by atomic mass is 16.7. The first-order valence-corrected chi connectivity index (χ1v) is 9.30. The minimum atomic E-state index is -1.01. The van der Waals surface area contributed by atoms with Gasteiger partial charge in [0.15, 0.2) is 0 Å². The molecule has 0 unspecified atom stereocenters. The summed E-state index contributed by atoms with van der Waals surface area (Å²) in [5.74, 6) is -0.202. The fourth-order valence-electron chi connectivity index (χ4n) is 3.61. The van der Waals surface area contributed by atoms with Gasteiger partial charge in [-0.25, -0.2) is 0 Å². The Morgan fingerprint density at radius 1 is 1.20 bits per heavy atom. The Balaban J connectivity index is 1.91. The standard InChI is InChI=1S/C18H35BN2O4/c1-15(2,3)21-14(23)18(20)10-12(13(22)11-18)8-9-19-24-16(4,5)17(6,7)25-19/h12-13,22H,8-11,20H2,1-7H3,(H,21,23)/t12-,13-,18-/m0/s1. The molecule has 1 amide bonds. The van der Waals surface area contributed by atoms with Crippen LogP contribution in [0, 0.1) is 5.92 Å². The minimum absolute atomic E-state index is 0.0188. The molecule has 3 atom stereocenters. The molecule has 2 rings (SSSR count). The van der Waals surface area contributed by atoms with Gasteiger partial charge < -0.3 is 25.5 Å². The fraction of sp³-hybridized carbons (Fsp3) is 0.944. The zero-order chi connectivity index (χ0) is 19.3. The summed E-state index contributed by atoms with van der Waals surface area (Å²) < 4.78 is 12.0. The number of nitrogens with one attached hydrogen (secondary N) is 1. The molecule has 1 aliphatic carbocycles. The lowest BCUT2D eigenvalue weighted by Crippen LogP contribution is -2.57. The van der Waals surface area contributed by atoms with Crippen LogP contribution in [0.5, 0.6) is 0 Å². The third-order valence-electron chi connectivity index (χ3n) is 5.76. The van der Waals surface area contributed by atoms with E-state index in [1.165, 1.54) is 0 Å². The van der Waals surface area contributed by atoms with E-state index in [4.69, 9.17) is 15.0 Å². The largest absolute Gasteiger partial charge is 0.457 e. The molecule has 4 N–H and O–H groups in total. The van der Waals surface area contributed by atoms with Crippen molar-refractivity contribution < 1.29 is 19.2 Å². The van der Waals surface area contributed by atoms with Crippen LogP contribution in [0.25, 0.3) is 0 Å². The van der Waals surface area contributed by atoms with E-state index in [0.717, 1.165) is 6.42 Å². The molecule has 25 heavy (non-hydrogen) atoms. The molecular weight excluding hydrogens is 319 g/mol. The number of hydrogen-bond acceptors (Lipinski definition) is 5. The molecule has 144 valence electrons. The van der Waals surface area contributed by atoms with Crippen LogP contribution in [-0.2, 0) is 14.1 Å². The molecule has 0 aromatic rings. The fourth-order valence-corrected chi connectivity index (χ4v) is 3.61. The molecule has 0 radical (unpaired) electrons. The Hall–Kier alpha value is -0.625. The van der Waals surface area contributed by atoms with Gasteiger partial charge >= 0.3 is 7.12 Å². The summed E-state index contributed by atoms with van der Waals surface area (Å²) in [5, 5.41) is 13.3. The zero-order valence-corrected chi connectivity index (χ0v) is 16.8. The van der Waals surface area contributed by atoms with Gasteiger partial charge in [0.25, 0.3) is 0 Å². The van der Waals surface area contributed by atoms with E-state index in [-0.39, 0.29) is 35.7 Å². The quantitative estimate of drug-likeness (QED) is 0.670. The van der Waals surface area contributed by atoms with Gasteiger partial charge in [0.2, 0.25) is 5.91 Å². The number of rotatable bonds is 4. The molecule has 7 heteroatoms. The summed E-state index contributed by atoms with van der Waals surface area (Å²) in [6, 6.07) is 0. The second-order valence-electron chi connectivity index (χ2n) is 9.86. The lowest BCUT2D eigenvalue weighted by molar-refractivity contribution is -0.128. The summed E-state index contributed by atoms with van der Waals surface area (Å²) in [7, 11) is -0.284. The molecule has 0 spiro atoms. The molecule has 1 aliphatic heterocycles. The normalized spacial score (nSPS) is 34.4. The Morgan fingerprint density at radius 3 is 2.20 bits per heavy atom. The van der Waals surface area contributed by atoms with Crippen LogP contribution in [-0.4, -0.2) is 46.5 Å². The number of amides is 1. The van der Waals surface area contributed by atoms with Crippen molar-refractivity contribution in [3.8, 4) is 0 Å². The second kappa shape index (κ2) is 6.52. The average molecular weight is 354 g/mol. The monoisotopic (exact) mass is 354 g/mol. The highest BCUT2D eigenvalue weighted by Gasteiger charge is 2.52. The average Bonchev–Trinajstić information content (AvgIpc) is 2.79. The van der Waals surface area contributed by atoms with Crippen molar-refractivity contribution >= 4 is 13.0 Å². The highest BCUT2D eigenvalue weighted by Crippen LogP contribution is 2.41. The molecule has 0 bridgehead atoms. The van der Waals surface area contributed by atoms with Gasteiger partial charge in [-0.1, -0.05) is 0 Å². The molecule has 0 aromatic heterocycles. The molecule has 1 saturated carbocycles. The van der Waals surface area contributed by atoms with Crippen LogP contribution in [0.2, 0.25) is 6.32 Å². The van der Waals surface area contributed by atoms with Gasteiger partial charge in [-0.3, -0.25) is 4.79 Å². The minimum Gasteiger partial charge on any atom is -0.403 e. The molecule has 1 heterocycles. The maximum atomic E-state index is 12.5. The first-order chi connectivity index (χ1) is 11.2. The second-order valence-corrected chi connectivity index (χ2v) is 9.86. The van der Waals surface area contributed by atoms with Crippen LogP contribution in [0.15, 0.2) is 0 Å². The van der Waals surface area contributed by atoms with E-state index >= 15 is 0 Å². The van der Waals surface area contributed by atoms with E-state index in [1.54, 1.807) is 0 Å². The van der Waals surface area contributed by atoms with Crippen molar-refractivity contribution in [1.82, 2.24) is 5.32 Å². The Labute approximate surface area is 152 Å². The molecule has 6 nitrogen and oxygen atoms in total. The summed E-state index contributed by atoms with van der Waals surface area (Å²) in [6.07, 6.45) is 1.61. The number of carbonyl (C=O) groups is 1. The highest BCUT2D eigenvalue weighted by molar-refractivity contribution is 6.45. The molecule has 0 aromatic carbocycles. The number of carbonyl (C=O) groups excluding carboxylic acids is 1. The van der Waals surface area contributed by atoms with Gasteiger partial charge in [0.1, 0.15) is 0 Å². The Kier molecular flexibility index (Phi) is 5.39. The maximum Gasteiger partial charge on any atom is 0.457 e. The van der Waals surface area contributed by atoms with Crippen molar-refractivity contribution in [1.29, 1.82) is 0 Å². The molecular formula is C18H35BN2O4. The molecule has 2 aliphatic rings. The number of hydrogen-bond donors (Lipinski definition) is 3. The number of nitrogens with two attached hydrogens (primary N) is 1. The van der Waals surface area contributed by atoms with Crippen molar-refractivity contribution in [3.63, 3.8) is 0 Å². The number of aliphatic hydroxyl groups excluding tert-OH is 1.